The molecular weight excluding hydrogens is 368 g/mol. The van der Waals surface area contributed by atoms with Crippen LogP contribution in [0.1, 0.15) is 59.9 Å². The molecule has 0 aliphatic heterocycles. The normalized spacial score (nSPS) is 14.0. The van der Waals surface area contributed by atoms with E-state index in [9.17, 15) is 9.59 Å². The number of ether oxygens (including phenoxy) is 2. The van der Waals surface area contributed by atoms with Gasteiger partial charge in [-0.2, -0.15) is 0 Å². The molecule has 6 nitrogen and oxygen atoms in total. The summed E-state index contributed by atoms with van der Waals surface area (Å²) >= 11 is 0. The number of amides is 1. The average molecular weight is 407 g/mol. The molecule has 0 saturated heterocycles. The quantitative estimate of drug-likeness (QED) is 0.599. The van der Waals surface area contributed by atoms with E-state index in [4.69, 9.17) is 9.47 Å². The predicted octanol–water partition coefficient (Wildman–Crippen LogP) is 4.29. The van der Waals surface area contributed by atoms with Crippen LogP contribution in [0.15, 0.2) is 30.3 Å². The van der Waals surface area contributed by atoms with Gasteiger partial charge in [0.15, 0.2) is 0 Å². The molecule has 0 unspecified atom stereocenters. The number of carbonyl (C=O) groups excluding carboxylic acids is 2. The van der Waals surface area contributed by atoms with E-state index in [2.05, 4.69) is 52.2 Å². The highest BCUT2D eigenvalue weighted by atomic mass is 16.5. The van der Waals surface area contributed by atoms with Crippen molar-refractivity contribution in [1.82, 2.24) is 10.6 Å². The number of rotatable bonds is 9. The van der Waals surface area contributed by atoms with Crippen molar-refractivity contribution in [2.75, 3.05) is 13.7 Å². The Balaban J connectivity index is 2.70. The minimum absolute atomic E-state index is 0.00382. The molecule has 164 valence electrons. The number of methoxy groups -OCH3 is 1. The van der Waals surface area contributed by atoms with Crippen molar-refractivity contribution in [2.45, 2.75) is 73.1 Å². The molecule has 0 spiro atoms. The maximum atomic E-state index is 12.3. The van der Waals surface area contributed by atoms with E-state index in [1.807, 2.05) is 30.3 Å². The van der Waals surface area contributed by atoms with Gasteiger partial charge in [-0.15, -0.1) is 0 Å². The second-order valence-corrected chi connectivity index (χ2v) is 9.92. The van der Waals surface area contributed by atoms with Crippen LogP contribution in [0.4, 0.5) is 4.79 Å². The monoisotopic (exact) mass is 406 g/mol. The summed E-state index contributed by atoms with van der Waals surface area (Å²) in [5.74, 6) is -0.291. The summed E-state index contributed by atoms with van der Waals surface area (Å²) in [6.07, 6.45) is 0.917. The minimum atomic E-state index is -0.463. The van der Waals surface area contributed by atoms with Crippen LogP contribution >= 0.6 is 0 Å². The van der Waals surface area contributed by atoms with E-state index in [0.29, 0.717) is 13.0 Å². The van der Waals surface area contributed by atoms with Crippen molar-refractivity contribution in [3.05, 3.63) is 35.9 Å². The first-order chi connectivity index (χ1) is 13.4. The summed E-state index contributed by atoms with van der Waals surface area (Å²) in [5.41, 5.74) is 0.904. The number of esters is 1. The maximum Gasteiger partial charge on any atom is 0.407 e. The highest BCUT2D eigenvalue weighted by Gasteiger charge is 2.28. The van der Waals surface area contributed by atoms with Crippen molar-refractivity contribution >= 4 is 12.1 Å². The van der Waals surface area contributed by atoms with Crippen molar-refractivity contribution in [1.29, 1.82) is 0 Å². The Morgan fingerprint density at radius 3 is 2.07 bits per heavy atom. The molecule has 0 radical (unpaired) electrons. The molecule has 0 aliphatic carbocycles. The summed E-state index contributed by atoms with van der Waals surface area (Å²) < 4.78 is 10.3. The molecule has 2 N–H and O–H groups in total. The van der Waals surface area contributed by atoms with E-state index in [1.54, 1.807) is 0 Å². The van der Waals surface area contributed by atoms with Gasteiger partial charge < -0.3 is 20.1 Å². The van der Waals surface area contributed by atoms with E-state index in [1.165, 1.54) is 7.11 Å². The van der Waals surface area contributed by atoms with Gasteiger partial charge in [-0.05, 0) is 29.2 Å². The minimum Gasteiger partial charge on any atom is -0.468 e. The van der Waals surface area contributed by atoms with E-state index < -0.39 is 12.1 Å². The van der Waals surface area contributed by atoms with Crippen LogP contribution in [0.3, 0.4) is 0 Å². The van der Waals surface area contributed by atoms with E-state index in [0.717, 1.165) is 12.0 Å². The molecular formula is C23H38N2O4. The summed E-state index contributed by atoms with van der Waals surface area (Å²) in [6, 6.07) is 8.96. The number of nitrogens with one attached hydrogen (secondary N) is 2. The molecule has 1 aromatic rings. The average Bonchev–Trinajstić information content (AvgIpc) is 2.61. The Morgan fingerprint density at radius 1 is 0.966 bits per heavy atom. The standard InChI is InChI=1S/C23H38N2O4/c1-22(2,3)13-18(15-24-19(20(26)28-7)14-23(4,5)6)25-21(27)29-16-17-11-9-8-10-12-17/h8-12,18-19,24H,13-16H2,1-7H3,(H,25,27)/t18-,19+/m1/s1. The molecule has 1 rings (SSSR count). The van der Waals surface area contributed by atoms with Crippen LogP contribution in [-0.4, -0.2) is 37.8 Å². The number of benzene rings is 1. The van der Waals surface area contributed by atoms with Crippen LogP contribution < -0.4 is 10.6 Å². The molecule has 0 aliphatic rings. The number of carbonyl (C=O) groups is 2. The lowest BCUT2D eigenvalue weighted by Crippen LogP contribution is -2.49. The summed E-state index contributed by atoms with van der Waals surface area (Å²) in [4.78, 5) is 24.5. The zero-order chi connectivity index (χ0) is 22.1. The number of hydrogen-bond donors (Lipinski definition) is 2. The van der Waals surface area contributed by atoms with Crippen molar-refractivity contribution in [3.63, 3.8) is 0 Å². The predicted molar refractivity (Wildman–Crippen MR) is 116 cm³/mol. The van der Waals surface area contributed by atoms with Gasteiger partial charge in [-0.1, -0.05) is 71.9 Å². The fourth-order valence-electron chi connectivity index (χ4n) is 3.12. The van der Waals surface area contributed by atoms with Crippen molar-refractivity contribution in [3.8, 4) is 0 Å². The van der Waals surface area contributed by atoms with Crippen LogP contribution in [0.2, 0.25) is 0 Å². The molecule has 0 bridgehead atoms. The molecule has 1 aromatic carbocycles. The van der Waals surface area contributed by atoms with E-state index >= 15 is 0 Å². The molecule has 29 heavy (non-hydrogen) atoms. The summed E-state index contributed by atoms with van der Waals surface area (Å²) in [6.45, 7) is 13.3. The molecule has 0 fully saturated rings. The second-order valence-electron chi connectivity index (χ2n) is 9.92. The van der Waals surface area contributed by atoms with Gasteiger partial charge in [0.2, 0.25) is 0 Å². The Bertz CT molecular complexity index is 633. The zero-order valence-corrected chi connectivity index (χ0v) is 19.0. The van der Waals surface area contributed by atoms with Gasteiger partial charge in [-0.3, -0.25) is 4.79 Å². The molecule has 2 atom stereocenters. The van der Waals surface area contributed by atoms with E-state index in [-0.39, 0.29) is 29.4 Å². The van der Waals surface area contributed by atoms with Gasteiger partial charge in [0.1, 0.15) is 12.6 Å². The topological polar surface area (TPSA) is 76.7 Å². The van der Waals surface area contributed by atoms with Crippen LogP contribution in [-0.2, 0) is 20.9 Å². The van der Waals surface area contributed by atoms with Crippen molar-refractivity contribution in [2.24, 2.45) is 10.8 Å². The lowest BCUT2D eigenvalue weighted by atomic mass is 9.86. The third-order valence-corrected chi connectivity index (χ3v) is 4.31. The third-order valence-electron chi connectivity index (χ3n) is 4.31. The molecule has 0 aromatic heterocycles. The lowest BCUT2D eigenvalue weighted by Gasteiger charge is -2.30. The first-order valence-corrected chi connectivity index (χ1v) is 10.2. The second kappa shape index (κ2) is 11.2. The lowest BCUT2D eigenvalue weighted by molar-refractivity contribution is -0.144. The Labute approximate surface area is 175 Å². The molecule has 1 amide bonds. The Hall–Kier alpha value is -2.08. The highest BCUT2D eigenvalue weighted by Crippen LogP contribution is 2.23. The fraction of sp³-hybridized carbons (Fsp3) is 0.652. The van der Waals surface area contributed by atoms with Gasteiger partial charge >= 0.3 is 12.1 Å². The Morgan fingerprint density at radius 2 is 1.55 bits per heavy atom. The first-order valence-electron chi connectivity index (χ1n) is 10.2. The largest absolute Gasteiger partial charge is 0.468 e. The maximum absolute atomic E-state index is 12.3. The van der Waals surface area contributed by atoms with Crippen LogP contribution in [0.25, 0.3) is 0 Å². The number of hydrogen-bond acceptors (Lipinski definition) is 5. The molecule has 0 heterocycles. The number of alkyl carbamates (subject to hydrolysis) is 1. The highest BCUT2D eigenvalue weighted by molar-refractivity contribution is 5.75. The third kappa shape index (κ3) is 11.5. The first kappa shape index (κ1) is 25.0. The molecule has 6 heteroatoms. The fourth-order valence-corrected chi connectivity index (χ4v) is 3.12. The zero-order valence-electron chi connectivity index (χ0n) is 19.0. The van der Waals surface area contributed by atoms with Crippen LogP contribution in [0.5, 0.6) is 0 Å². The summed E-state index contributed by atoms with van der Waals surface area (Å²) in [7, 11) is 1.39. The smallest absolute Gasteiger partial charge is 0.407 e. The summed E-state index contributed by atoms with van der Waals surface area (Å²) in [5, 5.41) is 6.23. The molecule has 0 saturated carbocycles. The SMILES string of the molecule is COC(=O)[C@H](CC(C)(C)C)NC[C@@H](CC(C)(C)C)NC(=O)OCc1ccccc1. The van der Waals surface area contributed by atoms with Gasteiger partial charge in [0, 0.05) is 12.6 Å². The van der Waals surface area contributed by atoms with Crippen molar-refractivity contribution < 1.29 is 19.1 Å². The van der Waals surface area contributed by atoms with Gasteiger partial charge in [0.25, 0.3) is 0 Å². The van der Waals surface area contributed by atoms with Gasteiger partial charge in [0.05, 0.1) is 7.11 Å². The Kier molecular flexibility index (Phi) is 9.63. The van der Waals surface area contributed by atoms with Crippen LogP contribution in [0, 0.1) is 10.8 Å². The van der Waals surface area contributed by atoms with Gasteiger partial charge in [-0.25, -0.2) is 4.79 Å².